The zero-order valence-corrected chi connectivity index (χ0v) is 10.0. The van der Waals surface area contributed by atoms with Crippen LogP contribution < -0.4 is 0 Å². The fraction of sp³-hybridized carbons (Fsp3) is 0.462. The minimum absolute atomic E-state index is 0.268. The summed E-state index contributed by atoms with van der Waals surface area (Å²) in [4.78, 5) is 11.5. The van der Waals surface area contributed by atoms with E-state index in [1.807, 2.05) is 26.0 Å². The van der Waals surface area contributed by atoms with Crippen molar-refractivity contribution in [1.29, 1.82) is 0 Å². The second-order valence-electron chi connectivity index (χ2n) is 4.07. The van der Waals surface area contributed by atoms with Crippen LogP contribution >= 0.6 is 0 Å². The Morgan fingerprint density at radius 1 is 1.27 bits per heavy atom. The van der Waals surface area contributed by atoms with Crippen molar-refractivity contribution in [2.45, 2.75) is 27.7 Å². The molecule has 82 valence electrons. The average molecular weight is 206 g/mol. The number of carbonyl (C=O) groups is 1. The van der Waals surface area contributed by atoms with Crippen LogP contribution in [0, 0.1) is 5.92 Å². The molecule has 0 saturated carbocycles. The Bertz CT molecular complexity index is 370. The predicted octanol–water partition coefficient (Wildman–Crippen LogP) is 3.02. The molecule has 0 fully saturated rings. The molecule has 1 atom stereocenters. The summed E-state index contributed by atoms with van der Waals surface area (Å²) >= 11 is 0. The summed E-state index contributed by atoms with van der Waals surface area (Å²) < 4.78 is 4.74. The molecule has 2 heteroatoms. The van der Waals surface area contributed by atoms with Gasteiger partial charge >= 0.3 is 5.97 Å². The van der Waals surface area contributed by atoms with Gasteiger partial charge in [-0.15, -0.1) is 0 Å². The molecule has 2 nitrogen and oxygen atoms in total. The van der Waals surface area contributed by atoms with Crippen molar-refractivity contribution >= 4 is 5.97 Å². The van der Waals surface area contributed by atoms with Crippen molar-refractivity contribution in [3.8, 4) is 0 Å². The molecule has 0 aromatic carbocycles. The normalized spacial score (nSPS) is 21.8. The summed E-state index contributed by atoms with van der Waals surface area (Å²) in [5.74, 6) is 0.124. The van der Waals surface area contributed by atoms with Crippen LogP contribution in [0.2, 0.25) is 0 Å². The van der Waals surface area contributed by atoms with Gasteiger partial charge in [-0.3, -0.25) is 0 Å². The van der Waals surface area contributed by atoms with Crippen LogP contribution in [0.3, 0.4) is 0 Å². The molecule has 0 N–H and O–H groups in total. The van der Waals surface area contributed by atoms with Crippen LogP contribution in [0.15, 0.2) is 34.4 Å². The van der Waals surface area contributed by atoms with Gasteiger partial charge in [-0.25, -0.2) is 4.79 Å². The lowest BCUT2D eigenvalue weighted by molar-refractivity contribution is -0.135. The third-order valence-electron chi connectivity index (χ3n) is 3.13. The van der Waals surface area contributed by atoms with Gasteiger partial charge in [0, 0.05) is 0 Å². The van der Waals surface area contributed by atoms with E-state index in [1.165, 1.54) is 18.3 Å². The van der Waals surface area contributed by atoms with Crippen LogP contribution in [0.25, 0.3) is 0 Å². The minimum Gasteiger partial charge on any atom is -0.465 e. The highest BCUT2D eigenvalue weighted by Crippen LogP contribution is 2.27. The molecule has 1 aliphatic carbocycles. The molecule has 0 aliphatic heterocycles. The summed E-state index contributed by atoms with van der Waals surface area (Å²) in [6.07, 6.45) is 3.81. The lowest BCUT2D eigenvalue weighted by Crippen LogP contribution is -2.03. The van der Waals surface area contributed by atoms with Crippen LogP contribution in [-0.2, 0) is 9.53 Å². The fourth-order valence-corrected chi connectivity index (χ4v) is 1.68. The minimum atomic E-state index is -0.268. The van der Waals surface area contributed by atoms with Gasteiger partial charge in [0.2, 0.25) is 0 Å². The molecule has 0 amide bonds. The van der Waals surface area contributed by atoms with Crippen LogP contribution in [0.4, 0.5) is 0 Å². The molecule has 0 saturated heterocycles. The van der Waals surface area contributed by atoms with Gasteiger partial charge < -0.3 is 4.74 Å². The largest absolute Gasteiger partial charge is 0.465 e. The van der Waals surface area contributed by atoms with Crippen LogP contribution in [0.1, 0.15) is 27.7 Å². The SMILES string of the molecule is COC(=O)C1=CC(C)=C(C)C(C)C(C)=C1. The molecule has 1 rings (SSSR count). The lowest BCUT2D eigenvalue weighted by Gasteiger charge is -2.12. The number of methoxy groups -OCH3 is 1. The van der Waals surface area contributed by atoms with E-state index in [4.69, 9.17) is 4.74 Å². The quantitative estimate of drug-likeness (QED) is 0.616. The highest BCUT2D eigenvalue weighted by molar-refractivity contribution is 5.92. The Kier molecular flexibility index (Phi) is 3.51. The smallest absolute Gasteiger partial charge is 0.337 e. The monoisotopic (exact) mass is 206 g/mol. The van der Waals surface area contributed by atoms with E-state index in [1.54, 1.807) is 0 Å². The first-order valence-electron chi connectivity index (χ1n) is 5.13. The second-order valence-corrected chi connectivity index (χ2v) is 4.07. The Labute approximate surface area is 91.3 Å². The maximum atomic E-state index is 11.5. The first kappa shape index (κ1) is 11.8. The maximum absolute atomic E-state index is 11.5. The van der Waals surface area contributed by atoms with Gasteiger partial charge in [0.25, 0.3) is 0 Å². The zero-order valence-electron chi connectivity index (χ0n) is 10.0. The van der Waals surface area contributed by atoms with Crippen molar-refractivity contribution in [2.75, 3.05) is 7.11 Å². The molecule has 0 heterocycles. The molecule has 0 spiro atoms. The average Bonchev–Trinajstić information content (AvgIpc) is 2.31. The van der Waals surface area contributed by atoms with Crippen LogP contribution in [0.5, 0.6) is 0 Å². The summed E-state index contributed by atoms with van der Waals surface area (Å²) in [7, 11) is 1.41. The molecular formula is C13H18O2. The van der Waals surface area contributed by atoms with E-state index in [9.17, 15) is 4.79 Å². The summed E-state index contributed by atoms with van der Waals surface area (Å²) in [5.41, 5.74) is 4.29. The van der Waals surface area contributed by atoms with Gasteiger partial charge in [0.1, 0.15) is 0 Å². The van der Waals surface area contributed by atoms with Gasteiger partial charge in [0.05, 0.1) is 12.7 Å². The summed E-state index contributed by atoms with van der Waals surface area (Å²) in [6.45, 7) is 8.33. The number of esters is 1. The number of rotatable bonds is 1. The number of carbonyl (C=O) groups excluding carboxylic acids is 1. The van der Waals surface area contributed by atoms with E-state index >= 15 is 0 Å². The Morgan fingerprint density at radius 3 is 2.40 bits per heavy atom. The molecule has 0 radical (unpaired) electrons. The first-order valence-corrected chi connectivity index (χ1v) is 5.13. The molecule has 1 aliphatic rings. The lowest BCUT2D eigenvalue weighted by atomic mass is 9.93. The molecule has 0 aromatic heterocycles. The summed E-state index contributed by atoms with van der Waals surface area (Å²) in [5, 5.41) is 0. The van der Waals surface area contributed by atoms with Gasteiger partial charge in [-0.1, -0.05) is 23.6 Å². The number of hydrogen-bond acceptors (Lipinski definition) is 2. The van der Waals surface area contributed by atoms with Crippen molar-refractivity contribution in [3.05, 3.63) is 34.4 Å². The summed E-state index contributed by atoms with van der Waals surface area (Å²) in [6, 6.07) is 0. The van der Waals surface area contributed by atoms with E-state index in [-0.39, 0.29) is 5.97 Å². The molecule has 1 unspecified atom stereocenters. The predicted molar refractivity (Wildman–Crippen MR) is 61.4 cm³/mol. The highest BCUT2D eigenvalue weighted by atomic mass is 16.5. The van der Waals surface area contributed by atoms with E-state index in [0.717, 1.165) is 5.57 Å². The first-order chi connectivity index (χ1) is 6.97. The Hall–Kier alpha value is -1.31. The zero-order chi connectivity index (χ0) is 11.6. The van der Waals surface area contributed by atoms with Crippen molar-refractivity contribution < 1.29 is 9.53 Å². The van der Waals surface area contributed by atoms with E-state index in [0.29, 0.717) is 11.5 Å². The topological polar surface area (TPSA) is 26.3 Å². The molecule has 0 bridgehead atoms. The second kappa shape index (κ2) is 4.47. The Balaban J connectivity index is 3.21. The third-order valence-corrected chi connectivity index (χ3v) is 3.13. The fourth-order valence-electron chi connectivity index (χ4n) is 1.68. The van der Waals surface area contributed by atoms with Crippen LogP contribution in [-0.4, -0.2) is 13.1 Å². The van der Waals surface area contributed by atoms with Gasteiger partial charge in [-0.05, 0) is 38.8 Å². The van der Waals surface area contributed by atoms with Gasteiger partial charge in [0.15, 0.2) is 0 Å². The van der Waals surface area contributed by atoms with Crippen molar-refractivity contribution in [2.24, 2.45) is 5.92 Å². The Morgan fingerprint density at radius 2 is 1.87 bits per heavy atom. The van der Waals surface area contributed by atoms with Crippen molar-refractivity contribution in [1.82, 2.24) is 0 Å². The standard InChI is InChI=1S/C13H18O2/c1-8-6-12(13(14)15-5)7-9(2)11(4)10(8)3/h6-7,10H,1-5H3. The number of hydrogen-bond donors (Lipinski definition) is 0. The third kappa shape index (κ3) is 2.38. The molecule has 0 aromatic rings. The van der Waals surface area contributed by atoms with E-state index in [2.05, 4.69) is 13.8 Å². The number of ether oxygens (including phenoxy) is 1. The van der Waals surface area contributed by atoms with E-state index < -0.39 is 0 Å². The maximum Gasteiger partial charge on any atom is 0.337 e. The highest BCUT2D eigenvalue weighted by Gasteiger charge is 2.16. The molecular weight excluding hydrogens is 188 g/mol. The van der Waals surface area contributed by atoms with Gasteiger partial charge in [-0.2, -0.15) is 0 Å². The van der Waals surface area contributed by atoms with Crippen molar-refractivity contribution in [3.63, 3.8) is 0 Å². The molecule has 15 heavy (non-hydrogen) atoms. The number of allylic oxidation sites excluding steroid dienone is 4.